The smallest absolute Gasteiger partial charge is 0.278 e. The van der Waals surface area contributed by atoms with Crippen LogP contribution in [0.15, 0.2) is 28.8 Å². The van der Waals surface area contributed by atoms with Crippen molar-refractivity contribution in [2.24, 2.45) is 0 Å². The number of anilines is 2. The van der Waals surface area contributed by atoms with E-state index in [1.54, 1.807) is 24.3 Å². The molecule has 22 heavy (non-hydrogen) atoms. The van der Waals surface area contributed by atoms with E-state index < -0.39 is 0 Å². The number of amides is 2. The fourth-order valence-corrected chi connectivity index (χ4v) is 2.64. The molecule has 0 spiro atoms. The first-order valence-electron chi connectivity index (χ1n) is 7.30. The second kappa shape index (κ2) is 6.01. The predicted octanol–water partition coefficient (Wildman–Crippen LogP) is 2.76. The molecule has 0 aliphatic heterocycles. The maximum Gasteiger partial charge on any atom is 0.278 e. The molecule has 114 valence electrons. The first-order chi connectivity index (χ1) is 10.6. The van der Waals surface area contributed by atoms with Crippen molar-refractivity contribution in [1.29, 1.82) is 0 Å². The molecule has 0 atom stereocenters. The number of hydrogen-bond acceptors (Lipinski definition) is 4. The van der Waals surface area contributed by atoms with E-state index in [4.69, 9.17) is 4.52 Å². The van der Waals surface area contributed by atoms with Gasteiger partial charge >= 0.3 is 0 Å². The van der Waals surface area contributed by atoms with Crippen molar-refractivity contribution < 1.29 is 14.1 Å². The third kappa shape index (κ3) is 2.86. The summed E-state index contributed by atoms with van der Waals surface area (Å²) < 4.78 is 5.26. The van der Waals surface area contributed by atoms with Crippen molar-refractivity contribution in [1.82, 2.24) is 5.16 Å². The number of aryl methyl sites for hydroxylation is 1. The van der Waals surface area contributed by atoms with Crippen LogP contribution in [0.4, 0.5) is 11.4 Å². The molecule has 1 aliphatic rings. The number of benzene rings is 1. The Balaban J connectivity index is 1.83. The normalized spacial score (nSPS) is 13.3. The molecule has 1 aromatic carbocycles. The molecule has 0 unspecified atom stereocenters. The standard InChI is InChI=1S/C16H17N3O3/c1-10(20)17-12-7-3-4-8-13(12)18-16(21)15-11-6-2-5-9-14(11)22-19-15/h3-4,7-8H,2,5-6,9H2,1H3,(H,17,20)(H,18,21). The number of para-hydroxylation sites is 2. The molecular weight excluding hydrogens is 282 g/mol. The van der Waals surface area contributed by atoms with Gasteiger partial charge in [-0.15, -0.1) is 0 Å². The molecule has 3 rings (SSSR count). The van der Waals surface area contributed by atoms with Crippen LogP contribution >= 0.6 is 0 Å². The molecule has 6 heteroatoms. The number of nitrogens with zero attached hydrogens (tertiary/aromatic N) is 1. The molecular formula is C16H17N3O3. The summed E-state index contributed by atoms with van der Waals surface area (Å²) in [4.78, 5) is 23.7. The lowest BCUT2D eigenvalue weighted by molar-refractivity contribution is -0.114. The Morgan fingerprint density at radius 3 is 2.50 bits per heavy atom. The number of aromatic nitrogens is 1. The largest absolute Gasteiger partial charge is 0.360 e. The quantitative estimate of drug-likeness (QED) is 0.912. The second-order valence-corrected chi connectivity index (χ2v) is 5.32. The third-order valence-corrected chi connectivity index (χ3v) is 3.65. The highest BCUT2D eigenvalue weighted by molar-refractivity contribution is 6.06. The van der Waals surface area contributed by atoms with E-state index in [0.717, 1.165) is 37.0 Å². The van der Waals surface area contributed by atoms with Crippen molar-refractivity contribution >= 4 is 23.2 Å². The van der Waals surface area contributed by atoms with Crippen LogP contribution in [0.25, 0.3) is 0 Å². The van der Waals surface area contributed by atoms with Crippen LogP contribution < -0.4 is 10.6 Å². The minimum atomic E-state index is -0.315. The van der Waals surface area contributed by atoms with E-state index in [2.05, 4.69) is 15.8 Å². The van der Waals surface area contributed by atoms with Gasteiger partial charge in [-0.1, -0.05) is 17.3 Å². The van der Waals surface area contributed by atoms with E-state index >= 15 is 0 Å². The number of rotatable bonds is 3. The van der Waals surface area contributed by atoms with Gasteiger partial charge in [0.05, 0.1) is 11.4 Å². The maximum atomic E-state index is 12.4. The van der Waals surface area contributed by atoms with Gasteiger partial charge in [-0.25, -0.2) is 0 Å². The van der Waals surface area contributed by atoms with Gasteiger partial charge in [-0.05, 0) is 31.4 Å². The first-order valence-corrected chi connectivity index (χ1v) is 7.30. The van der Waals surface area contributed by atoms with Gasteiger partial charge in [0.2, 0.25) is 5.91 Å². The van der Waals surface area contributed by atoms with Gasteiger partial charge in [0.1, 0.15) is 5.76 Å². The summed E-state index contributed by atoms with van der Waals surface area (Å²) in [6, 6.07) is 7.04. The average Bonchev–Trinajstić information content (AvgIpc) is 2.93. The highest BCUT2D eigenvalue weighted by Crippen LogP contribution is 2.26. The minimum absolute atomic E-state index is 0.194. The monoisotopic (exact) mass is 299 g/mol. The SMILES string of the molecule is CC(=O)Nc1ccccc1NC(=O)c1noc2c1CCCC2. The molecule has 1 heterocycles. The second-order valence-electron chi connectivity index (χ2n) is 5.32. The zero-order valence-electron chi connectivity index (χ0n) is 12.3. The lowest BCUT2D eigenvalue weighted by Crippen LogP contribution is -2.17. The molecule has 2 N–H and O–H groups in total. The van der Waals surface area contributed by atoms with Crippen LogP contribution in [0.2, 0.25) is 0 Å². The Hall–Kier alpha value is -2.63. The third-order valence-electron chi connectivity index (χ3n) is 3.65. The highest BCUT2D eigenvalue weighted by Gasteiger charge is 2.24. The van der Waals surface area contributed by atoms with Crippen LogP contribution in [0.1, 0.15) is 41.6 Å². The van der Waals surface area contributed by atoms with Crippen LogP contribution in [0.5, 0.6) is 0 Å². The topological polar surface area (TPSA) is 84.2 Å². The lowest BCUT2D eigenvalue weighted by Gasteiger charge is -2.12. The summed E-state index contributed by atoms with van der Waals surface area (Å²) in [6.45, 7) is 1.42. The number of fused-ring (bicyclic) bond motifs is 1. The number of carbonyl (C=O) groups is 2. The molecule has 0 saturated carbocycles. The van der Waals surface area contributed by atoms with Gasteiger partial charge < -0.3 is 15.2 Å². The number of hydrogen-bond donors (Lipinski definition) is 2. The lowest BCUT2D eigenvalue weighted by atomic mass is 9.96. The molecule has 1 aromatic heterocycles. The summed E-state index contributed by atoms with van der Waals surface area (Å²) >= 11 is 0. The van der Waals surface area contributed by atoms with Gasteiger partial charge in [0, 0.05) is 18.9 Å². The number of nitrogens with one attached hydrogen (secondary N) is 2. The van der Waals surface area contributed by atoms with Crippen molar-refractivity contribution in [2.75, 3.05) is 10.6 Å². The van der Waals surface area contributed by atoms with Gasteiger partial charge in [-0.3, -0.25) is 9.59 Å². The summed E-state index contributed by atoms with van der Waals surface area (Å²) in [6.07, 6.45) is 3.75. The molecule has 2 aromatic rings. The van der Waals surface area contributed by atoms with E-state index in [1.165, 1.54) is 6.92 Å². The molecule has 0 radical (unpaired) electrons. The molecule has 0 fully saturated rings. The zero-order valence-corrected chi connectivity index (χ0v) is 12.3. The fraction of sp³-hybridized carbons (Fsp3) is 0.312. The van der Waals surface area contributed by atoms with Crippen molar-refractivity contribution in [2.45, 2.75) is 32.6 Å². The summed E-state index contributed by atoms with van der Waals surface area (Å²) in [5.41, 5.74) is 2.34. The van der Waals surface area contributed by atoms with Crippen molar-refractivity contribution in [3.8, 4) is 0 Å². The Labute approximate surface area is 127 Å². The Bertz CT molecular complexity index is 721. The highest BCUT2D eigenvalue weighted by atomic mass is 16.5. The minimum Gasteiger partial charge on any atom is -0.360 e. The molecule has 6 nitrogen and oxygen atoms in total. The van der Waals surface area contributed by atoms with Crippen LogP contribution in [0.3, 0.4) is 0 Å². The van der Waals surface area contributed by atoms with E-state index in [1.807, 2.05) is 0 Å². The molecule has 2 amide bonds. The Morgan fingerprint density at radius 2 is 1.77 bits per heavy atom. The summed E-state index contributed by atoms with van der Waals surface area (Å²) in [5, 5.41) is 9.39. The van der Waals surface area contributed by atoms with Crippen LogP contribution in [-0.2, 0) is 17.6 Å². The zero-order chi connectivity index (χ0) is 15.5. The van der Waals surface area contributed by atoms with E-state index in [-0.39, 0.29) is 11.8 Å². The number of carbonyl (C=O) groups excluding carboxylic acids is 2. The van der Waals surface area contributed by atoms with E-state index in [0.29, 0.717) is 17.1 Å². The van der Waals surface area contributed by atoms with Crippen molar-refractivity contribution in [3.05, 3.63) is 41.3 Å². The Morgan fingerprint density at radius 1 is 1.09 bits per heavy atom. The van der Waals surface area contributed by atoms with E-state index in [9.17, 15) is 9.59 Å². The molecule has 0 bridgehead atoms. The van der Waals surface area contributed by atoms with Crippen molar-refractivity contribution in [3.63, 3.8) is 0 Å². The van der Waals surface area contributed by atoms with Crippen LogP contribution in [-0.4, -0.2) is 17.0 Å². The summed E-state index contributed by atoms with van der Waals surface area (Å²) in [5.74, 6) is 0.303. The molecule has 1 aliphatic carbocycles. The molecule has 0 saturated heterocycles. The Kier molecular flexibility index (Phi) is 3.91. The van der Waals surface area contributed by atoms with Gasteiger partial charge in [0.15, 0.2) is 5.69 Å². The van der Waals surface area contributed by atoms with Gasteiger partial charge in [-0.2, -0.15) is 0 Å². The predicted molar refractivity (Wildman–Crippen MR) is 81.8 cm³/mol. The summed E-state index contributed by atoms with van der Waals surface area (Å²) in [7, 11) is 0. The average molecular weight is 299 g/mol. The van der Waals surface area contributed by atoms with Crippen LogP contribution in [0, 0.1) is 0 Å². The maximum absolute atomic E-state index is 12.4. The fourth-order valence-electron chi connectivity index (χ4n) is 2.64. The first kappa shape index (κ1) is 14.3. The van der Waals surface area contributed by atoms with Gasteiger partial charge in [0.25, 0.3) is 5.91 Å².